The minimum atomic E-state index is -3.62. The van der Waals surface area contributed by atoms with E-state index in [0.29, 0.717) is 12.8 Å². The summed E-state index contributed by atoms with van der Waals surface area (Å²) in [7, 11) is -2.12. The molecule has 1 aliphatic rings. The summed E-state index contributed by atoms with van der Waals surface area (Å²) in [6.07, 6.45) is 3.94. The predicted molar refractivity (Wildman–Crippen MR) is 187 cm³/mol. The average molecular weight is 778 g/mol. The van der Waals surface area contributed by atoms with E-state index < -0.39 is 43.5 Å². The van der Waals surface area contributed by atoms with Gasteiger partial charge in [-0.05, 0) is 32.2 Å². The molecule has 2 atom stereocenters. The Morgan fingerprint density at radius 1 is 0.891 bits per heavy atom. The standard InChI is InChI=1S/C26H45Cl4N4O8PS.CH5N/c27-9-13-33(14-10-28)43(41,34(15-11-29)16-12-30)42-17-18-44-19-21(31-22(35)7-4-8-23(36)37)25(38)32-24(26(39)40)20-5-2-1-3-6-20;1-2/h20-21,24H,1-19H2,(H,31,35)(H,32,38)(H,36,37)(H,39,40);2H2,1H3. The number of amides is 2. The van der Waals surface area contributed by atoms with Crippen LogP contribution in [0.25, 0.3) is 0 Å². The van der Waals surface area contributed by atoms with Gasteiger partial charge in [0.05, 0.1) is 6.61 Å². The SMILES string of the molecule is CN.O=C(O)CCCC(=O)NC(CSCCOP(=O)(N(CCCl)CCCl)N(CCCl)CCCl)C(=O)NC(C(=O)O)C1CCCCC1. The maximum atomic E-state index is 14.2. The van der Waals surface area contributed by atoms with Gasteiger partial charge in [0.25, 0.3) is 0 Å². The lowest BCUT2D eigenvalue weighted by Gasteiger charge is -2.37. The van der Waals surface area contributed by atoms with Crippen LogP contribution in [-0.2, 0) is 28.3 Å². The van der Waals surface area contributed by atoms with E-state index in [1.807, 2.05) is 0 Å². The van der Waals surface area contributed by atoms with Gasteiger partial charge in [-0.3, -0.25) is 18.9 Å². The van der Waals surface area contributed by atoms with Crippen molar-refractivity contribution < 1.29 is 38.5 Å². The Balaban J connectivity index is 0.00000991. The Bertz CT molecular complexity index is 911. The van der Waals surface area contributed by atoms with Gasteiger partial charge in [-0.2, -0.15) is 11.8 Å². The first kappa shape index (κ1) is 45.5. The van der Waals surface area contributed by atoms with Gasteiger partial charge in [0.15, 0.2) is 0 Å². The van der Waals surface area contributed by atoms with Crippen LogP contribution in [0.4, 0.5) is 0 Å². The van der Waals surface area contributed by atoms with E-state index in [1.54, 1.807) is 9.34 Å². The van der Waals surface area contributed by atoms with Crippen molar-refractivity contribution in [2.45, 2.75) is 63.5 Å². The fourth-order valence-electron chi connectivity index (χ4n) is 4.83. The normalized spacial score (nSPS) is 15.1. The number of carbonyl (C=O) groups is 4. The van der Waals surface area contributed by atoms with Crippen LogP contribution in [0, 0.1) is 5.92 Å². The quantitative estimate of drug-likeness (QED) is 0.0512. The Morgan fingerprint density at radius 3 is 1.87 bits per heavy atom. The predicted octanol–water partition coefficient (Wildman–Crippen LogP) is 3.87. The van der Waals surface area contributed by atoms with Gasteiger partial charge in [0.2, 0.25) is 11.8 Å². The topological polar surface area (TPSA) is 192 Å². The third kappa shape index (κ3) is 17.7. The second-order valence-electron chi connectivity index (χ2n) is 10.2. The number of hydrogen-bond acceptors (Lipinski definition) is 8. The Labute approximate surface area is 296 Å². The number of hydrogen-bond donors (Lipinski definition) is 5. The van der Waals surface area contributed by atoms with Crippen LogP contribution in [0.5, 0.6) is 0 Å². The van der Waals surface area contributed by atoms with Crippen LogP contribution >= 0.6 is 65.8 Å². The van der Waals surface area contributed by atoms with E-state index in [-0.39, 0.29) is 93.0 Å². The molecule has 19 heteroatoms. The molecule has 1 fully saturated rings. The monoisotopic (exact) mass is 775 g/mol. The summed E-state index contributed by atoms with van der Waals surface area (Å²) in [5.74, 6) is -2.43. The summed E-state index contributed by atoms with van der Waals surface area (Å²) < 4.78 is 23.3. The lowest BCUT2D eigenvalue weighted by molar-refractivity contribution is -0.144. The van der Waals surface area contributed by atoms with Gasteiger partial charge in [-0.25, -0.2) is 14.1 Å². The number of nitrogens with zero attached hydrogens (tertiary/aromatic N) is 2. The fourth-order valence-corrected chi connectivity index (χ4v) is 9.50. The molecule has 1 aliphatic carbocycles. The number of carboxylic acid groups (broad SMARTS) is 2. The molecule has 2 amide bonds. The molecule has 1 saturated carbocycles. The molecule has 0 saturated heterocycles. The van der Waals surface area contributed by atoms with E-state index in [4.69, 9.17) is 56.0 Å². The number of nitrogens with two attached hydrogens (primary N) is 1. The molecule has 0 aromatic carbocycles. The van der Waals surface area contributed by atoms with E-state index in [2.05, 4.69) is 16.4 Å². The van der Waals surface area contributed by atoms with Gasteiger partial charge < -0.3 is 31.1 Å². The van der Waals surface area contributed by atoms with Crippen molar-refractivity contribution >= 4 is 89.6 Å². The van der Waals surface area contributed by atoms with Crippen LogP contribution in [0.15, 0.2) is 0 Å². The summed E-state index contributed by atoms with van der Waals surface area (Å²) >= 11 is 25.1. The second kappa shape index (κ2) is 27.3. The van der Waals surface area contributed by atoms with E-state index in [0.717, 1.165) is 19.3 Å². The van der Waals surface area contributed by atoms with E-state index in [9.17, 15) is 28.8 Å². The van der Waals surface area contributed by atoms with Gasteiger partial charge in [0, 0.05) is 74.0 Å². The third-order valence-corrected chi connectivity index (χ3v) is 11.4. The van der Waals surface area contributed by atoms with Gasteiger partial charge in [-0.15, -0.1) is 46.4 Å². The minimum Gasteiger partial charge on any atom is -0.481 e. The Hall–Kier alpha value is -0.540. The van der Waals surface area contributed by atoms with Crippen molar-refractivity contribution in [3.05, 3.63) is 0 Å². The maximum absolute atomic E-state index is 14.2. The smallest absolute Gasteiger partial charge is 0.346 e. The number of aliphatic carboxylic acids is 2. The molecule has 1 rings (SSSR count). The number of halogens is 4. The largest absolute Gasteiger partial charge is 0.481 e. The Kier molecular flexibility index (Phi) is 27.0. The third-order valence-electron chi connectivity index (χ3n) is 6.99. The van der Waals surface area contributed by atoms with Crippen LogP contribution < -0.4 is 16.4 Å². The van der Waals surface area contributed by atoms with E-state index in [1.165, 1.54) is 18.8 Å². The highest BCUT2D eigenvalue weighted by Gasteiger charge is 2.38. The molecule has 0 radical (unpaired) electrons. The van der Waals surface area contributed by atoms with Crippen LogP contribution in [0.1, 0.15) is 51.4 Å². The molecule has 0 spiro atoms. The molecule has 6 N–H and O–H groups in total. The van der Waals surface area contributed by atoms with Gasteiger partial charge >= 0.3 is 19.6 Å². The van der Waals surface area contributed by atoms with E-state index >= 15 is 0 Å². The number of carboxylic acids is 2. The summed E-state index contributed by atoms with van der Waals surface area (Å²) in [5, 5.41) is 23.9. The highest BCUT2D eigenvalue weighted by Crippen LogP contribution is 2.54. The minimum absolute atomic E-state index is 0.00477. The molecule has 0 aliphatic heterocycles. The summed E-state index contributed by atoms with van der Waals surface area (Å²) in [5.41, 5.74) is 4.50. The zero-order valence-electron chi connectivity index (χ0n) is 26.4. The highest BCUT2D eigenvalue weighted by molar-refractivity contribution is 7.99. The summed E-state index contributed by atoms with van der Waals surface area (Å²) in [6.45, 7) is 1.01. The molecular formula is C27H50Cl4N5O8PS. The van der Waals surface area contributed by atoms with Crippen molar-refractivity contribution in [2.24, 2.45) is 11.7 Å². The molecule has 13 nitrogen and oxygen atoms in total. The average Bonchev–Trinajstić information content (AvgIpc) is 3.03. The molecule has 0 aromatic heterocycles. The van der Waals surface area contributed by atoms with Crippen LogP contribution in [-0.4, -0.2) is 130 Å². The first-order valence-electron chi connectivity index (χ1n) is 15.2. The molecule has 46 heavy (non-hydrogen) atoms. The lowest BCUT2D eigenvalue weighted by atomic mass is 9.84. The van der Waals surface area contributed by atoms with Crippen molar-refractivity contribution in [3.8, 4) is 0 Å². The maximum Gasteiger partial charge on any atom is 0.346 e. The number of carbonyl (C=O) groups excluding carboxylic acids is 2. The summed E-state index contributed by atoms with van der Waals surface area (Å²) in [4.78, 5) is 48.7. The fraction of sp³-hybridized carbons (Fsp3) is 0.852. The molecule has 270 valence electrons. The summed E-state index contributed by atoms with van der Waals surface area (Å²) in [6, 6.07) is -2.17. The lowest BCUT2D eigenvalue weighted by Crippen LogP contribution is -2.55. The molecule has 0 bridgehead atoms. The number of nitrogens with one attached hydrogen (secondary N) is 2. The zero-order chi connectivity index (χ0) is 35.0. The van der Waals surface area contributed by atoms with Crippen molar-refractivity contribution in [1.82, 2.24) is 20.0 Å². The van der Waals surface area contributed by atoms with Crippen LogP contribution in [0.2, 0.25) is 0 Å². The first-order valence-corrected chi connectivity index (χ1v) is 20.0. The molecule has 0 heterocycles. The van der Waals surface area contributed by atoms with Gasteiger partial charge in [-0.1, -0.05) is 19.3 Å². The molecule has 2 unspecified atom stereocenters. The molecule has 0 aromatic rings. The number of thioether (sulfide) groups is 1. The van der Waals surface area contributed by atoms with Crippen molar-refractivity contribution in [3.63, 3.8) is 0 Å². The number of rotatable bonds is 25. The zero-order valence-corrected chi connectivity index (χ0v) is 31.1. The van der Waals surface area contributed by atoms with Crippen LogP contribution in [0.3, 0.4) is 0 Å². The Morgan fingerprint density at radius 2 is 1.41 bits per heavy atom. The van der Waals surface area contributed by atoms with Gasteiger partial charge in [0.1, 0.15) is 12.1 Å². The molecular weight excluding hydrogens is 727 g/mol. The van der Waals surface area contributed by atoms with Crippen molar-refractivity contribution in [1.29, 1.82) is 0 Å². The second-order valence-corrected chi connectivity index (χ2v) is 15.2. The number of alkyl halides is 4. The first-order chi connectivity index (χ1) is 22.0. The highest BCUT2D eigenvalue weighted by atomic mass is 35.5. The van der Waals surface area contributed by atoms with Crippen molar-refractivity contribution in [2.75, 3.05) is 74.9 Å².